The van der Waals surface area contributed by atoms with Crippen LogP contribution in [0.5, 0.6) is 0 Å². The van der Waals surface area contributed by atoms with Gasteiger partial charge in [0.05, 0.1) is 12.3 Å². The maximum absolute atomic E-state index is 9.11. The van der Waals surface area contributed by atoms with E-state index in [9.17, 15) is 0 Å². The van der Waals surface area contributed by atoms with E-state index < -0.39 is 0 Å². The van der Waals surface area contributed by atoms with Crippen molar-refractivity contribution in [1.82, 2.24) is 4.98 Å². The van der Waals surface area contributed by atoms with E-state index in [1.807, 2.05) is 26.8 Å². The smallest absolute Gasteiger partial charge is 0.120 e. The van der Waals surface area contributed by atoms with Crippen LogP contribution in [-0.4, -0.2) is 21.4 Å². The molecule has 3 nitrogen and oxygen atoms in total. The first-order chi connectivity index (χ1) is 6.44. The molecule has 0 bridgehead atoms. The van der Waals surface area contributed by atoms with Crippen LogP contribution in [0, 0.1) is 6.92 Å². The third kappa shape index (κ3) is 2.89. The highest BCUT2D eigenvalue weighted by Crippen LogP contribution is 2.33. The van der Waals surface area contributed by atoms with Gasteiger partial charge >= 0.3 is 0 Å². The van der Waals surface area contributed by atoms with Gasteiger partial charge in [0.2, 0.25) is 0 Å². The van der Waals surface area contributed by atoms with E-state index in [0.717, 1.165) is 10.6 Å². The molecule has 0 amide bonds. The molecule has 0 unspecified atom stereocenters. The Kier molecular flexibility index (Phi) is 3.39. The van der Waals surface area contributed by atoms with E-state index in [1.165, 1.54) is 11.8 Å². The second-order valence-corrected chi connectivity index (χ2v) is 5.62. The average Bonchev–Trinajstić information content (AvgIpc) is 2.10. The summed E-state index contributed by atoms with van der Waals surface area (Å²) in [4.78, 5) is 4.24. The van der Waals surface area contributed by atoms with Gasteiger partial charge in [-0.2, -0.15) is 0 Å². The molecule has 4 heteroatoms. The number of hydrogen-bond acceptors (Lipinski definition) is 4. The van der Waals surface area contributed by atoms with Crippen molar-refractivity contribution in [2.24, 2.45) is 0 Å². The normalized spacial score (nSPS) is 11.7. The van der Waals surface area contributed by atoms with Crippen LogP contribution in [-0.2, 0) is 0 Å². The number of aliphatic hydroxyl groups excluding tert-OH is 1. The van der Waals surface area contributed by atoms with Crippen molar-refractivity contribution in [3.63, 3.8) is 0 Å². The molecule has 0 aromatic carbocycles. The topological polar surface area (TPSA) is 59.1 Å². The molecule has 1 rings (SSSR count). The third-order valence-corrected chi connectivity index (χ3v) is 2.99. The lowest BCUT2D eigenvalue weighted by molar-refractivity contribution is 0.265. The lowest BCUT2D eigenvalue weighted by atomic mass is 10.2. The van der Waals surface area contributed by atoms with Gasteiger partial charge in [0.25, 0.3) is 0 Å². The fraction of sp³-hybridized carbons (Fsp3) is 0.500. The van der Waals surface area contributed by atoms with Crippen molar-refractivity contribution in [2.75, 3.05) is 12.3 Å². The number of aliphatic hydroxyl groups is 1. The molecule has 0 spiro atoms. The quantitative estimate of drug-likeness (QED) is 0.750. The minimum Gasteiger partial charge on any atom is -0.397 e. The third-order valence-electron chi connectivity index (χ3n) is 1.77. The number of anilines is 1. The molecule has 78 valence electrons. The predicted octanol–water partition coefficient (Wildman–Crippen LogP) is 1.84. The summed E-state index contributed by atoms with van der Waals surface area (Å²) in [5.41, 5.74) is 7.55. The Hall–Kier alpha value is -0.740. The number of aryl methyl sites for hydroxylation is 1. The van der Waals surface area contributed by atoms with Crippen molar-refractivity contribution in [1.29, 1.82) is 0 Å². The Morgan fingerprint density at radius 2 is 2.21 bits per heavy atom. The van der Waals surface area contributed by atoms with E-state index in [-0.39, 0.29) is 11.4 Å². The summed E-state index contributed by atoms with van der Waals surface area (Å²) in [5, 5.41) is 9.90. The Labute approximate surface area is 88.7 Å². The molecular weight excluding hydrogens is 196 g/mol. The molecule has 0 fully saturated rings. The van der Waals surface area contributed by atoms with Crippen LogP contribution in [0.25, 0.3) is 0 Å². The number of rotatable bonds is 3. The lowest BCUT2D eigenvalue weighted by Crippen LogP contribution is -2.20. The summed E-state index contributed by atoms with van der Waals surface area (Å²) in [6, 6.07) is 1.89. The molecule has 0 radical (unpaired) electrons. The zero-order chi connectivity index (χ0) is 10.8. The number of nitrogens with two attached hydrogens (primary N) is 1. The van der Waals surface area contributed by atoms with Crippen LogP contribution < -0.4 is 5.73 Å². The van der Waals surface area contributed by atoms with Crippen LogP contribution in [0.15, 0.2) is 17.3 Å². The van der Waals surface area contributed by atoms with Gasteiger partial charge in [0.15, 0.2) is 0 Å². The van der Waals surface area contributed by atoms with Crippen LogP contribution in [0.2, 0.25) is 0 Å². The Bertz CT molecular complexity index is 326. The zero-order valence-corrected chi connectivity index (χ0v) is 9.56. The minimum atomic E-state index is -0.240. The molecule has 1 aromatic heterocycles. The molecule has 0 saturated heterocycles. The Morgan fingerprint density at radius 3 is 2.71 bits per heavy atom. The second-order valence-electron chi connectivity index (χ2n) is 3.93. The Morgan fingerprint density at radius 1 is 1.57 bits per heavy atom. The minimum absolute atomic E-state index is 0.104. The van der Waals surface area contributed by atoms with E-state index >= 15 is 0 Å². The van der Waals surface area contributed by atoms with Crippen LogP contribution in [0.1, 0.15) is 19.4 Å². The van der Waals surface area contributed by atoms with E-state index in [4.69, 9.17) is 10.8 Å². The van der Waals surface area contributed by atoms with Crippen LogP contribution in [0.4, 0.5) is 5.69 Å². The van der Waals surface area contributed by atoms with E-state index in [1.54, 1.807) is 6.20 Å². The molecule has 0 aliphatic heterocycles. The molecule has 3 N–H and O–H groups in total. The van der Waals surface area contributed by atoms with Crippen molar-refractivity contribution < 1.29 is 5.11 Å². The fourth-order valence-electron chi connectivity index (χ4n) is 0.959. The summed E-state index contributed by atoms with van der Waals surface area (Å²) in [6.45, 7) is 5.97. The highest BCUT2D eigenvalue weighted by atomic mass is 32.2. The SMILES string of the molecule is Cc1cnc(SC(C)(C)CO)c(N)c1. The van der Waals surface area contributed by atoms with Crippen molar-refractivity contribution in [3.8, 4) is 0 Å². The molecule has 1 heterocycles. The highest BCUT2D eigenvalue weighted by molar-refractivity contribution is 8.00. The maximum atomic E-state index is 9.11. The Balaban J connectivity index is 2.87. The molecule has 0 aliphatic carbocycles. The van der Waals surface area contributed by atoms with Gasteiger partial charge < -0.3 is 10.8 Å². The average molecular weight is 212 g/mol. The van der Waals surface area contributed by atoms with E-state index in [2.05, 4.69) is 4.98 Å². The number of hydrogen-bond donors (Lipinski definition) is 2. The highest BCUT2D eigenvalue weighted by Gasteiger charge is 2.20. The monoisotopic (exact) mass is 212 g/mol. The van der Waals surface area contributed by atoms with Crippen LogP contribution >= 0.6 is 11.8 Å². The van der Waals surface area contributed by atoms with Gasteiger partial charge in [-0.3, -0.25) is 0 Å². The summed E-state index contributed by atoms with van der Waals surface area (Å²) >= 11 is 1.50. The van der Waals surface area contributed by atoms with Gasteiger partial charge in [-0.25, -0.2) is 4.98 Å². The van der Waals surface area contributed by atoms with Gasteiger partial charge in [-0.15, -0.1) is 0 Å². The molecular formula is C10H16N2OS. The standard InChI is InChI=1S/C10H16N2OS/c1-7-4-8(11)9(12-5-7)14-10(2,3)6-13/h4-5,13H,6,11H2,1-3H3. The lowest BCUT2D eigenvalue weighted by Gasteiger charge is -2.20. The summed E-state index contributed by atoms with van der Waals surface area (Å²) in [7, 11) is 0. The molecule has 1 aromatic rings. The van der Waals surface area contributed by atoms with E-state index in [0.29, 0.717) is 5.69 Å². The number of nitrogens with zero attached hydrogens (tertiary/aromatic N) is 1. The number of pyridine rings is 1. The number of aromatic nitrogens is 1. The zero-order valence-electron chi connectivity index (χ0n) is 8.74. The summed E-state index contributed by atoms with van der Waals surface area (Å²) < 4.78 is -0.240. The van der Waals surface area contributed by atoms with Gasteiger partial charge in [-0.05, 0) is 32.4 Å². The van der Waals surface area contributed by atoms with Crippen molar-refractivity contribution in [3.05, 3.63) is 17.8 Å². The van der Waals surface area contributed by atoms with Gasteiger partial charge in [-0.1, -0.05) is 11.8 Å². The first-order valence-corrected chi connectivity index (χ1v) is 5.28. The van der Waals surface area contributed by atoms with Crippen molar-refractivity contribution in [2.45, 2.75) is 30.5 Å². The molecule has 0 aliphatic rings. The second kappa shape index (κ2) is 4.19. The number of nitrogen functional groups attached to an aromatic ring is 1. The predicted molar refractivity (Wildman–Crippen MR) is 60.4 cm³/mol. The summed E-state index contributed by atoms with van der Waals surface area (Å²) in [6.07, 6.45) is 1.78. The van der Waals surface area contributed by atoms with Gasteiger partial charge in [0.1, 0.15) is 5.03 Å². The number of thioether (sulfide) groups is 1. The van der Waals surface area contributed by atoms with Gasteiger partial charge in [0, 0.05) is 10.9 Å². The fourth-order valence-corrected chi connectivity index (χ4v) is 1.83. The first kappa shape index (κ1) is 11.3. The maximum Gasteiger partial charge on any atom is 0.120 e. The molecule has 14 heavy (non-hydrogen) atoms. The first-order valence-electron chi connectivity index (χ1n) is 4.46. The molecule has 0 atom stereocenters. The summed E-state index contributed by atoms with van der Waals surface area (Å²) in [5.74, 6) is 0. The van der Waals surface area contributed by atoms with Crippen LogP contribution in [0.3, 0.4) is 0 Å². The molecule has 0 saturated carbocycles. The van der Waals surface area contributed by atoms with Crippen molar-refractivity contribution >= 4 is 17.4 Å². The largest absolute Gasteiger partial charge is 0.397 e.